The van der Waals surface area contributed by atoms with Crippen molar-refractivity contribution in [3.63, 3.8) is 0 Å². The van der Waals surface area contributed by atoms with Gasteiger partial charge in [-0.25, -0.2) is 0 Å². The fourth-order valence-corrected chi connectivity index (χ4v) is 2.98. The van der Waals surface area contributed by atoms with Gasteiger partial charge in [-0.1, -0.05) is 19.0 Å². The number of carbonyl (C=O) groups excluding carboxylic acids is 1. The van der Waals surface area contributed by atoms with Crippen LogP contribution in [0.4, 0.5) is 0 Å². The van der Waals surface area contributed by atoms with Crippen LogP contribution < -0.4 is 5.32 Å². The first-order valence-electron chi connectivity index (χ1n) is 7.24. The Kier molecular flexibility index (Phi) is 5.30. The van der Waals surface area contributed by atoms with Crippen molar-refractivity contribution in [3.8, 4) is 0 Å². The fraction of sp³-hybridized carbons (Fsp3) is 0.769. The SMILES string of the molecule is CC(C)c1noc(C(=O)C(OS(C)(=O)=O)C2CCNCC2)n1. The summed E-state index contributed by atoms with van der Waals surface area (Å²) >= 11 is 0. The standard InChI is InChI=1S/C13H21N3O5S/c1-8(2)12-15-13(20-16-12)10(17)11(21-22(3,18)19)9-4-6-14-7-5-9/h8-9,11,14H,4-7H2,1-3H3. The Bertz CT molecular complexity index is 619. The molecule has 1 atom stereocenters. The molecular weight excluding hydrogens is 310 g/mol. The van der Waals surface area contributed by atoms with E-state index in [4.69, 9.17) is 8.71 Å². The highest BCUT2D eigenvalue weighted by molar-refractivity contribution is 7.86. The molecule has 0 radical (unpaired) electrons. The van der Waals surface area contributed by atoms with E-state index in [2.05, 4.69) is 15.5 Å². The lowest BCUT2D eigenvalue weighted by Crippen LogP contribution is -2.40. The van der Waals surface area contributed by atoms with E-state index < -0.39 is 22.0 Å². The number of nitrogens with zero attached hydrogens (tertiary/aromatic N) is 2. The van der Waals surface area contributed by atoms with Crippen molar-refractivity contribution in [3.05, 3.63) is 11.7 Å². The Labute approximate surface area is 129 Å². The van der Waals surface area contributed by atoms with E-state index in [9.17, 15) is 13.2 Å². The molecule has 0 bridgehead atoms. The van der Waals surface area contributed by atoms with Crippen LogP contribution in [0.3, 0.4) is 0 Å². The molecule has 1 aromatic rings. The number of ketones is 1. The van der Waals surface area contributed by atoms with E-state index in [0.29, 0.717) is 31.8 Å². The Morgan fingerprint density at radius 2 is 2.00 bits per heavy atom. The molecule has 0 saturated carbocycles. The van der Waals surface area contributed by atoms with Crippen molar-refractivity contribution < 1.29 is 21.9 Å². The zero-order chi connectivity index (χ0) is 16.3. The number of aromatic nitrogens is 2. The largest absolute Gasteiger partial charge is 0.331 e. The summed E-state index contributed by atoms with van der Waals surface area (Å²) in [5.74, 6) is -0.546. The van der Waals surface area contributed by atoms with E-state index in [1.54, 1.807) is 0 Å². The Hall–Kier alpha value is -1.32. The lowest BCUT2D eigenvalue weighted by atomic mass is 9.90. The van der Waals surface area contributed by atoms with Gasteiger partial charge < -0.3 is 9.84 Å². The zero-order valence-corrected chi connectivity index (χ0v) is 13.7. The van der Waals surface area contributed by atoms with Crippen molar-refractivity contribution in [2.75, 3.05) is 19.3 Å². The third-order valence-electron chi connectivity index (χ3n) is 3.52. The highest BCUT2D eigenvalue weighted by atomic mass is 32.2. The van der Waals surface area contributed by atoms with E-state index in [0.717, 1.165) is 6.26 Å². The number of Topliss-reactive ketones (excluding diaryl/α,β-unsaturated/α-hetero) is 1. The molecule has 1 saturated heterocycles. The zero-order valence-electron chi connectivity index (χ0n) is 12.9. The molecule has 1 fully saturated rings. The van der Waals surface area contributed by atoms with Gasteiger partial charge in [0.2, 0.25) is 0 Å². The first-order valence-corrected chi connectivity index (χ1v) is 9.06. The average molecular weight is 331 g/mol. The summed E-state index contributed by atoms with van der Waals surface area (Å²) in [6.07, 6.45) is 1.12. The lowest BCUT2D eigenvalue weighted by molar-refractivity contribution is 0.0604. The maximum atomic E-state index is 12.6. The van der Waals surface area contributed by atoms with Crippen LogP contribution in [0.2, 0.25) is 0 Å². The van der Waals surface area contributed by atoms with Gasteiger partial charge in [-0.3, -0.25) is 8.98 Å². The van der Waals surface area contributed by atoms with Gasteiger partial charge in [0.1, 0.15) is 6.10 Å². The third-order valence-corrected chi connectivity index (χ3v) is 4.07. The number of carbonyl (C=O) groups is 1. The molecule has 0 spiro atoms. The van der Waals surface area contributed by atoms with Crippen LogP contribution in [-0.4, -0.2) is 49.8 Å². The average Bonchev–Trinajstić information content (AvgIpc) is 2.94. The summed E-state index contributed by atoms with van der Waals surface area (Å²) in [5.41, 5.74) is 0. The predicted octanol–water partition coefficient (Wildman–Crippen LogP) is 0.720. The van der Waals surface area contributed by atoms with Gasteiger partial charge in [0, 0.05) is 5.92 Å². The van der Waals surface area contributed by atoms with Gasteiger partial charge >= 0.3 is 0 Å². The Balaban J connectivity index is 2.24. The summed E-state index contributed by atoms with van der Waals surface area (Å²) in [6.45, 7) is 5.16. The molecule has 0 aromatic carbocycles. The number of piperidine rings is 1. The number of hydrogen-bond acceptors (Lipinski definition) is 8. The molecule has 22 heavy (non-hydrogen) atoms. The molecule has 0 amide bonds. The van der Waals surface area contributed by atoms with E-state index in [1.165, 1.54) is 0 Å². The van der Waals surface area contributed by atoms with E-state index in [-0.39, 0.29) is 17.7 Å². The molecule has 1 unspecified atom stereocenters. The quantitative estimate of drug-likeness (QED) is 0.599. The highest BCUT2D eigenvalue weighted by Crippen LogP contribution is 2.24. The van der Waals surface area contributed by atoms with Gasteiger partial charge in [0.05, 0.1) is 6.26 Å². The first-order chi connectivity index (χ1) is 10.3. The monoisotopic (exact) mass is 331 g/mol. The normalized spacial score (nSPS) is 18.5. The van der Waals surface area contributed by atoms with Crippen LogP contribution in [0.15, 0.2) is 4.52 Å². The smallest absolute Gasteiger partial charge is 0.296 e. The number of rotatable bonds is 6. The summed E-state index contributed by atoms with van der Waals surface area (Å²) < 4.78 is 33.0. The van der Waals surface area contributed by atoms with Crippen LogP contribution in [0.25, 0.3) is 0 Å². The second-order valence-corrected chi connectivity index (χ2v) is 7.39. The minimum atomic E-state index is -3.77. The Morgan fingerprint density at radius 3 is 2.50 bits per heavy atom. The highest BCUT2D eigenvalue weighted by Gasteiger charge is 2.36. The summed E-state index contributed by atoms with van der Waals surface area (Å²) in [4.78, 5) is 16.6. The van der Waals surface area contributed by atoms with E-state index >= 15 is 0 Å². The van der Waals surface area contributed by atoms with Gasteiger partial charge in [-0.15, -0.1) is 0 Å². The predicted molar refractivity (Wildman–Crippen MR) is 78.0 cm³/mol. The number of nitrogens with one attached hydrogen (secondary N) is 1. The molecule has 8 nitrogen and oxygen atoms in total. The number of hydrogen-bond donors (Lipinski definition) is 1. The molecule has 2 heterocycles. The summed E-state index contributed by atoms with van der Waals surface area (Å²) in [7, 11) is -3.77. The molecule has 1 aromatic heterocycles. The van der Waals surface area contributed by atoms with Crippen molar-refractivity contribution in [2.45, 2.75) is 38.7 Å². The topological polar surface area (TPSA) is 111 Å². The second kappa shape index (κ2) is 6.84. The molecule has 2 rings (SSSR count). The van der Waals surface area contributed by atoms with Crippen molar-refractivity contribution in [1.82, 2.24) is 15.5 Å². The van der Waals surface area contributed by atoms with Crippen LogP contribution in [0, 0.1) is 5.92 Å². The summed E-state index contributed by atoms with van der Waals surface area (Å²) in [5, 5.41) is 6.90. The van der Waals surface area contributed by atoms with Crippen LogP contribution in [-0.2, 0) is 14.3 Å². The Morgan fingerprint density at radius 1 is 1.36 bits per heavy atom. The minimum Gasteiger partial charge on any atom is -0.331 e. The van der Waals surface area contributed by atoms with Crippen molar-refractivity contribution in [2.24, 2.45) is 5.92 Å². The third kappa shape index (κ3) is 4.34. The molecule has 1 aliphatic heterocycles. The molecular formula is C13H21N3O5S. The maximum absolute atomic E-state index is 12.6. The van der Waals surface area contributed by atoms with Crippen molar-refractivity contribution >= 4 is 15.9 Å². The first kappa shape index (κ1) is 17.0. The second-order valence-electron chi connectivity index (χ2n) is 5.79. The van der Waals surface area contributed by atoms with Gasteiger partial charge in [-0.05, 0) is 31.8 Å². The van der Waals surface area contributed by atoms with Gasteiger partial charge in [0.25, 0.3) is 21.8 Å². The van der Waals surface area contributed by atoms with E-state index in [1.807, 2.05) is 13.8 Å². The molecule has 124 valence electrons. The van der Waals surface area contributed by atoms with Gasteiger partial charge in [-0.2, -0.15) is 13.4 Å². The van der Waals surface area contributed by atoms with Gasteiger partial charge in [0.15, 0.2) is 5.82 Å². The lowest BCUT2D eigenvalue weighted by Gasteiger charge is -2.27. The summed E-state index contributed by atoms with van der Waals surface area (Å²) in [6, 6.07) is 0. The van der Waals surface area contributed by atoms with Crippen LogP contribution in [0.5, 0.6) is 0 Å². The van der Waals surface area contributed by atoms with Crippen LogP contribution in [0.1, 0.15) is 49.1 Å². The fourth-order valence-electron chi connectivity index (χ4n) is 2.36. The molecule has 1 N–H and O–H groups in total. The molecule has 0 aliphatic carbocycles. The minimum absolute atomic E-state index is 0.0125. The molecule has 1 aliphatic rings. The van der Waals surface area contributed by atoms with Crippen LogP contribution >= 0.6 is 0 Å². The maximum Gasteiger partial charge on any atom is 0.296 e. The molecule has 9 heteroatoms. The van der Waals surface area contributed by atoms with Crippen molar-refractivity contribution in [1.29, 1.82) is 0 Å².